The Morgan fingerprint density at radius 2 is 1.97 bits per heavy atom. The van der Waals surface area contributed by atoms with E-state index in [1.807, 2.05) is 38.1 Å². The predicted molar refractivity (Wildman–Crippen MR) is 147 cm³/mol. The Morgan fingerprint density at radius 3 is 2.63 bits per heavy atom. The Balaban J connectivity index is 1.91. The minimum atomic E-state index is -0.769. The van der Waals surface area contributed by atoms with Gasteiger partial charge in [0.15, 0.2) is 22.2 Å². The number of anilines is 1. The second-order valence-corrected chi connectivity index (χ2v) is 9.62. The Bertz CT molecular complexity index is 1560. The fourth-order valence-corrected chi connectivity index (χ4v) is 5.15. The number of aromatic nitrogens is 1. The highest BCUT2D eigenvalue weighted by atomic mass is 32.1. The van der Waals surface area contributed by atoms with Crippen LogP contribution >= 0.6 is 11.3 Å². The molecular weight excluding hydrogens is 506 g/mol. The van der Waals surface area contributed by atoms with Gasteiger partial charge < -0.3 is 23.5 Å². The maximum atomic E-state index is 13.8. The number of fused-ring (bicyclic) bond motifs is 1. The highest BCUT2D eigenvalue weighted by molar-refractivity contribution is 7.07. The van der Waals surface area contributed by atoms with Gasteiger partial charge in [-0.15, -0.1) is 0 Å². The van der Waals surface area contributed by atoms with Crippen LogP contribution in [0, 0.1) is 0 Å². The number of thiazole rings is 1. The van der Waals surface area contributed by atoms with Crippen LogP contribution in [0.1, 0.15) is 38.1 Å². The SMILES string of the molecule is C=CCOc1ccc([C@@H]2C(C(=O)OCC)=C(C)N=c3sc(=Cc4ccc(N(C)C)o4)c(=O)n32)cc1OCC. The molecule has 0 unspecified atom stereocenters. The van der Waals surface area contributed by atoms with Crippen LogP contribution < -0.4 is 29.3 Å². The molecule has 0 aliphatic carbocycles. The van der Waals surface area contributed by atoms with Gasteiger partial charge in [-0.3, -0.25) is 9.36 Å². The van der Waals surface area contributed by atoms with Crippen LogP contribution in [0.2, 0.25) is 0 Å². The maximum Gasteiger partial charge on any atom is 0.338 e. The lowest BCUT2D eigenvalue weighted by Gasteiger charge is -2.25. The summed E-state index contributed by atoms with van der Waals surface area (Å²) in [7, 11) is 3.75. The first-order valence-corrected chi connectivity index (χ1v) is 13.1. The Labute approximate surface area is 224 Å². The number of hydrogen-bond donors (Lipinski definition) is 0. The van der Waals surface area contributed by atoms with E-state index in [1.165, 1.54) is 15.9 Å². The van der Waals surface area contributed by atoms with Gasteiger partial charge in [-0.05, 0) is 44.5 Å². The molecule has 0 saturated heterocycles. The summed E-state index contributed by atoms with van der Waals surface area (Å²) >= 11 is 1.23. The molecule has 200 valence electrons. The molecule has 3 aromatic rings. The Kier molecular flexibility index (Phi) is 8.21. The van der Waals surface area contributed by atoms with Crippen molar-refractivity contribution in [2.75, 3.05) is 38.8 Å². The third-order valence-corrected chi connectivity index (χ3v) is 6.77. The standard InChI is InChI=1S/C28H31N3O6S/c1-7-14-36-20-12-10-18(15-21(20)34-8-2)25-24(27(33)35-9-3)17(4)29-28-31(25)26(32)22(38-28)16-19-11-13-23(37-19)30(5)6/h7,10-13,15-16,25H,1,8-9,14H2,2-6H3/t25-/m1/s1. The number of allylic oxidation sites excluding steroid dienone is 1. The van der Waals surface area contributed by atoms with Gasteiger partial charge in [0.1, 0.15) is 12.4 Å². The maximum absolute atomic E-state index is 13.8. The van der Waals surface area contributed by atoms with E-state index in [0.29, 0.717) is 62.5 Å². The van der Waals surface area contributed by atoms with Gasteiger partial charge in [-0.1, -0.05) is 30.1 Å². The molecule has 38 heavy (non-hydrogen) atoms. The topological polar surface area (TPSA) is 95.5 Å². The van der Waals surface area contributed by atoms with Gasteiger partial charge in [-0.2, -0.15) is 0 Å². The number of rotatable bonds is 10. The van der Waals surface area contributed by atoms with Gasteiger partial charge in [0.25, 0.3) is 5.56 Å². The summed E-state index contributed by atoms with van der Waals surface area (Å²) in [6.07, 6.45) is 3.34. The molecule has 1 aliphatic heterocycles. The van der Waals surface area contributed by atoms with Gasteiger partial charge in [0.05, 0.1) is 35.1 Å². The Morgan fingerprint density at radius 1 is 1.18 bits per heavy atom. The molecule has 0 spiro atoms. The van der Waals surface area contributed by atoms with Crippen molar-refractivity contribution in [1.82, 2.24) is 4.57 Å². The molecule has 10 heteroatoms. The van der Waals surface area contributed by atoms with Gasteiger partial charge >= 0.3 is 5.97 Å². The molecule has 1 atom stereocenters. The predicted octanol–water partition coefficient (Wildman–Crippen LogP) is 3.42. The molecule has 0 saturated carbocycles. The zero-order valence-electron chi connectivity index (χ0n) is 22.1. The second-order valence-electron chi connectivity index (χ2n) is 8.61. The third kappa shape index (κ3) is 5.31. The minimum Gasteiger partial charge on any atom is -0.490 e. The van der Waals surface area contributed by atoms with Crippen LogP contribution in [0.4, 0.5) is 5.88 Å². The van der Waals surface area contributed by atoms with Crippen molar-refractivity contribution in [1.29, 1.82) is 0 Å². The van der Waals surface area contributed by atoms with Gasteiger partial charge in [-0.25, -0.2) is 9.79 Å². The smallest absolute Gasteiger partial charge is 0.338 e. The molecule has 1 aliphatic rings. The van der Waals surface area contributed by atoms with Crippen molar-refractivity contribution in [2.45, 2.75) is 26.8 Å². The highest BCUT2D eigenvalue weighted by Crippen LogP contribution is 2.36. The second kappa shape index (κ2) is 11.6. The van der Waals surface area contributed by atoms with E-state index < -0.39 is 12.0 Å². The van der Waals surface area contributed by atoms with E-state index >= 15 is 0 Å². The van der Waals surface area contributed by atoms with Crippen LogP contribution in [0.15, 0.2) is 68.5 Å². The molecule has 9 nitrogen and oxygen atoms in total. The van der Waals surface area contributed by atoms with E-state index in [2.05, 4.69) is 11.6 Å². The summed E-state index contributed by atoms with van der Waals surface area (Å²) in [6.45, 7) is 9.96. The summed E-state index contributed by atoms with van der Waals surface area (Å²) in [5.74, 6) is 1.72. The van der Waals surface area contributed by atoms with Crippen molar-refractivity contribution in [3.63, 3.8) is 0 Å². The number of nitrogens with zero attached hydrogens (tertiary/aromatic N) is 3. The number of ether oxygens (including phenoxy) is 3. The molecule has 0 bridgehead atoms. The highest BCUT2D eigenvalue weighted by Gasteiger charge is 2.34. The lowest BCUT2D eigenvalue weighted by molar-refractivity contribution is -0.139. The first-order chi connectivity index (χ1) is 18.3. The average molecular weight is 538 g/mol. The lowest BCUT2D eigenvalue weighted by atomic mass is 9.95. The van der Waals surface area contributed by atoms with Crippen molar-refractivity contribution < 1.29 is 23.4 Å². The van der Waals surface area contributed by atoms with Crippen LogP contribution in [-0.2, 0) is 9.53 Å². The number of benzene rings is 1. The number of carbonyl (C=O) groups is 1. The summed E-state index contributed by atoms with van der Waals surface area (Å²) in [4.78, 5) is 33.9. The molecular formula is C28H31N3O6S. The largest absolute Gasteiger partial charge is 0.490 e. The summed E-state index contributed by atoms with van der Waals surface area (Å²) in [5, 5.41) is 0. The van der Waals surface area contributed by atoms with Crippen molar-refractivity contribution in [3.8, 4) is 11.5 Å². The molecule has 2 aromatic heterocycles. The fraction of sp³-hybridized carbons (Fsp3) is 0.321. The van der Waals surface area contributed by atoms with Crippen molar-refractivity contribution >= 4 is 29.3 Å². The summed E-state index contributed by atoms with van der Waals surface area (Å²) < 4.78 is 24.7. The molecule has 1 aromatic carbocycles. The third-order valence-electron chi connectivity index (χ3n) is 5.78. The van der Waals surface area contributed by atoms with Crippen molar-refractivity contribution in [2.24, 2.45) is 4.99 Å². The van der Waals surface area contributed by atoms with Crippen LogP contribution in [-0.4, -0.2) is 44.5 Å². The monoisotopic (exact) mass is 537 g/mol. The first-order valence-electron chi connectivity index (χ1n) is 12.3. The van der Waals surface area contributed by atoms with Gasteiger partial charge in [0.2, 0.25) is 0 Å². The molecule has 0 radical (unpaired) electrons. The van der Waals surface area contributed by atoms with Crippen molar-refractivity contribution in [3.05, 3.63) is 85.3 Å². The zero-order chi connectivity index (χ0) is 27.4. The van der Waals surface area contributed by atoms with Crippen LogP contribution in [0.5, 0.6) is 11.5 Å². The average Bonchev–Trinajstić information content (AvgIpc) is 3.47. The Hall–Kier alpha value is -4.05. The number of esters is 1. The summed E-state index contributed by atoms with van der Waals surface area (Å²) in [6, 6.07) is 8.24. The van der Waals surface area contributed by atoms with Crippen LogP contribution in [0.25, 0.3) is 6.08 Å². The van der Waals surface area contributed by atoms with E-state index in [1.54, 1.807) is 44.2 Å². The van der Waals surface area contributed by atoms with Gasteiger partial charge in [0, 0.05) is 26.2 Å². The van der Waals surface area contributed by atoms with E-state index in [9.17, 15) is 9.59 Å². The molecule has 3 heterocycles. The van der Waals surface area contributed by atoms with E-state index in [4.69, 9.17) is 18.6 Å². The van der Waals surface area contributed by atoms with E-state index in [-0.39, 0.29) is 12.2 Å². The fourth-order valence-electron chi connectivity index (χ4n) is 4.13. The molecule has 0 fully saturated rings. The molecule has 0 N–H and O–H groups in total. The van der Waals surface area contributed by atoms with E-state index in [0.717, 1.165) is 0 Å². The number of carbonyl (C=O) groups excluding carboxylic acids is 1. The quantitative estimate of drug-likeness (QED) is 0.289. The number of furan rings is 1. The zero-order valence-corrected chi connectivity index (χ0v) is 23.0. The first kappa shape index (κ1) is 27.0. The minimum absolute atomic E-state index is 0.192. The summed E-state index contributed by atoms with van der Waals surface area (Å²) in [5.41, 5.74) is 1.15. The molecule has 4 rings (SSSR count). The molecule has 0 amide bonds. The normalized spacial score (nSPS) is 15.1. The lowest BCUT2D eigenvalue weighted by Crippen LogP contribution is -2.40. The van der Waals surface area contributed by atoms with Crippen LogP contribution in [0.3, 0.4) is 0 Å². The number of hydrogen-bond acceptors (Lipinski definition) is 9.